The van der Waals surface area contributed by atoms with E-state index in [1.54, 1.807) is 0 Å². The Bertz CT molecular complexity index is 3000. The summed E-state index contributed by atoms with van der Waals surface area (Å²) in [5, 5.41) is 0. The summed E-state index contributed by atoms with van der Waals surface area (Å²) in [5.74, 6) is 2.33. The number of hydrogen-bond donors (Lipinski definition) is 0. The molecule has 0 saturated carbocycles. The van der Waals surface area contributed by atoms with Gasteiger partial charge in [-0.2, -0.15) is 13.2 Å². The van der Waals surface area contributed by atoms with Crippen LogP contribution in [0, 0.1) is 6.92 Å². The number of para-hydroxylation sites is 6. The number of benzene rings is 7. The molecule has 3 heterocycles. The minimum absolute atomic E-state index is 0.235. The molecule has 0 unspecified atom stereocenters. The van der Waals surface area contributed by atoms with Gasteiger partial charge < -0.3 is 0 Å². The molecule has 0 radical (unpaired) electrons. The first-order valence-electron chi connectivity index (χ1n) is 19.0. The van der Waals surface area contributed by atoms with Crippen molar-refractivity contribution in [3.63, 3.8) is 0 Å². The summed E-state index contributed by atoms with van der Waals surface area (Å²) in [6.45, 7) is 1.99. The zero-order chi connectivity index (χ0) is 40.1. The van der Waals surface area contributed by atoms with Gasteiger partial charge in [0.2, 0.25) is 0 Å². The summed E-state index contributed by atoms with van der Waals surface area (Å²) in [4.78, 5) is 25.2. The Morgan fingerprint density at radius 1 is 0.390 bits per heavy atom. The molecule has 10 aromatic rings. The Labute approximate surface area is 336 Å². The van der Waals surface area contributed by atoms with Gasteiger partial charge in [-0.1, -0.05) is 103 Å². The lowest BCUT2D eigenvalue weighted by atomic mass is 10.0. The predicted octanol–water partition coefficient (Wildman–Crippen LogP) is 12.2. The van der Waals surface area contributed by atoms with E-state index in [4.69, 9.17) is 24.9 Å². The smallest absolute Gasteiger partial charge is 0.292 e. The van der Waals surface area contributed by atoms with Crippen molar-refractivity contribution in [2.45, 2.75) is 13.1 Å². The summed E-state index contributed by atoms with van der Waals surface area (Å²) in [7, 11) is 0. The van der Waals surface area contributed by atoms with Crippen molar-refractivity contribution in [2.75, 3.05) is 0 Å². The van der Waals surface area contributed by atoms with E-state index in [1.807, 2.05) is 140 Å². The molecule has 7 aromatic carbocycles. The van der Waals surface area contributed by atoms with E-state index in [0.29, 0.717) is 34.4 Å². The van der Waals surface area contributed by atoms with E-state index in [-0.39, 0.29) is 5.82 Å². The number of aryl methyl sites for hydroxylation is 1. The summed E-state index contributed by atoms with van der Waals surface area (Å²) in [6, 6.07) is 55.0. The Kier molecular flexibility index (Phi) is 8.67. The fourth-order valence-corrected chi connectivity index (χ4v) is 7.41. The van der Waals surface area contributed by atoms with Gasteiger partial charge in [0, 0.05) is 39.2 Å². The van der Waals surface area contributed by atoms with Gasteiger partial charge in [-0.15, -0.1) is 0 Å². The lowest BCUT2D eigenvalue weighted by Crippen LogP contribution is -2.05. The van der Waals surface area contributed by atoms with Crippen molar-refractivity contribution < 1.29 is 13.2 Å². The maximum atomic E-state index is 13.6. The van der Waals surface area contributed by atoms with Crippen molar-refractivity contribution in [1.82, 2.24) is 34.1 Å². The average molecular weight is 776 g/mol. The molecule has 284 valence electrons. The molecule has 10 heteroatoms. The van der Waals surface area contributed by atoms with Crippen LogP contribution in [0.15, 0.2) is 176 Å². The molecular formula is C49H32F3N7. The molecule has 7 nitrogen and oxygen atoms in total. The lowest BCUT2D eigenvalue weighted by Gasteiger charge is -2.15. The highest BCUT2D eigenvalue weighted by molar-refractivity contribution is 5.88. The van der Waals surface area contributed by atoms with E-state index in [0.717, 1.165) is 67.8 Å². The second kappa shape index (κ2) is 14.3. The molecule has 0 N–H and O–H groups in total. The van der Waals surface area contributed by atoms with Crippen LogP contribution in [-0.2, 0) is 6.18 Å². The Hall–Kier alpha value is -7.72. The van der Waals surface area contributed by atoms with Crippen LogP contribution in [0.5, 0.6) is 0 Å². The number of nitrogens with zero attached hydrogens (tertiary/aromatic N) is 7. The van der Waals surface area contributed by atoms with Gasteiger partial charge in [0.05, 0.1) is 27.6 Å². The molecule has 0 spiro atoms. The lowest BCUT2D eigenvalue weighted by molar-refractivity contribution is -0.137. The highest BCUT2D eigenvalue weighted by Crippen LogP contribution is 2.38. The molecule has 0 aliphatic carbocycles. The Balaban J connectivity index is 1.26. The maximum Gasteiger partial charge on any atom is 0.416 e. The van der Waals surface area contributed by atoms with Crippen molar-refractivity contribution in [1.29, 1.82) is 0 Å². The fourth-order valence-electron chi connectivity index (χ4n) is 7.41. The quantitative estimate of drug-likeness (QED) is 0.161. The monoisotopic (exact) mass is 775 g/mol. The van der Waals surface area contributed by atoms with Crippen LogP contribution in [0.1, 0.15) is 11.1 Å². The van der Waals surface area contributed by atoms with Gasteiger partial charge in [0.15, 0.2) is 17.5 Å². The first kappa shape index (κ1) is 35.7. The molecule has 0 amide bonds. The van der Waals surface area contributed by atoms with Gasteiger partial charge in [-0.05, 0) is 85.8 Å². The standard InChI is InChI=1S/C49H32F3N7/c1-31-20-22-32(23-21-31)44-55-45(33-24-26-37(27-25-33)49(50,51)52)57-46(56-44)34-28-35(47-53-40-16-8-10-18-42(40)58(47)38-12-4-2-5-13-38)30-36(29-34)48-54-41-17-9-11-19-43(41)59(48)39-14-6-3-7-15-39/h2-30H,1H3. The number of aromatic nitrogens is 7. The third-order valence-corrected chi connectivity index (χ3v) is 10.3. The summed E-state index contributed by atoms with van der Waals surface area (Å²) in [5.41, 5.74) is 9.03. The van der Waals surface area contributed by atoms with Gasteiger partial charge in [0.25, 0.3) is 0 Å². The zero-order valence-corrected chi connectivity index (χ0v) is 31.5. The average Bonchev–Trinajstić information content (AvgIpc) is 3.87. The minimum atomic E-state index is -4.49. The first-order valence-corrected chi connectivity index (χ1v) is 19.0. The van der Waals surface area contributed by atoms with Crippen molar-refractivity contribution in [2.24, 2.45) is 0 Å². The molecule has 59 heavy (non-hydrogen) atoms. The number of hydrogen-bond acceptors (Lipinski definition) is 5. The van der Waals surface area contributed by atoms with Gasteiger partial charge in [-0.3, -0.25) is 9.13 Å². The third-order valence-electron chi connectivity index (χ3n) is 10.3. The minimum Gasteiger partial charge on any atom is -0.292 e. The van der Waals surface area contributed by atoms with Crippen LogP contribution in [0.25, 0.3) is 90.4 Å². The van der Waals surface area contributed by atoms with E-state index in [2.05, 4.69) is 27.3 Å². The highest BCUT2D eigenvalue weighted by atomic mass is 19.4. The Morgan fingerprint density at radius 3 is 1.24 bits per heavy atom. The molecule has 0 saturated heterocycles. The topological polar surface area (TPSA) is 74.3 Å². The Morgan fingerprint density at radius 2 is 0.780 bits per heavy atom. The summed E-state index contributed by atoms with van der Waals surface area (Å²) >= 11 is 0. The van der Waals surface area contributed by atoms with Crippen LogP contribution in [0.4, 0.5) is 13.2 Å². The van der Waals surface area contributed by atoms with Crippen molar-refractivity contribution in [3.05, 3.63) is 187 Å². The third kappa shape index (κ3) is 6.70. The number of alkyl halides is 3. The van der Waals surface area contributed by atoms with E-state index < -0.39 is 11.7 Å². The van der Waals surface area contributed by atoms with Crippen LogP contribution >= 0.6 is 0 Å². The van der Waals surface area contributed by atoms with Crippen molar-refractivity contribution in [3.8, 4) is 68.3 Å². The van der Waals surface area contributed by atoms with Crippen LogP contribution in [0.3, 0.4) is 0 Å². The molecule has 0 aliphatic heterocycles. The maximum absolute atomic E-state index is 13.6. The second-order valence-electron chi connectivity index (χ2n) is 14.2. The van der Waals surface area contributed by atoms with Crippen LogP contribution in [-0.4, -0.2) is 34.1 Å². The molecule has 10 rings (SSSR count). The van der Waals surface area contributed by atoms with E-state index >= 15 is 0 Å². The summed E-state index contributed by atoms with van der Waals surface area (Å²) in [6.07, 6.45) is -4.49. The largest absolute Gasteiger partial charge is 0.416 e. The van der Waals surface area contributed by atoms with Crippen molar-refractivity contribution >= 4 is 22.1 Å². The molecule has 0 bridgehead atoms. The number of halogens is 3. The highest BCUT2D eigenvalue weighted by Gasteiger charge is 2.30. The SMILES string of the molecule is Cc1ccc(-c2nc(-c3ccc(C(F)(F)F)cc3)nc(-c3cc(-c4nc5ccccc5n4-c4ccccc4)cc(-c4nc5ccccc5n4-c4ccccc4)c3)n2)cc1. The number of imidazole rings is 2. The normalized spacial score (nSPS) is 11.7. The van der Waals surface area contributed by atoms with E-state index in [9.17, 15) is 13.2 Å². The molecule has 0 aliphatic rings. The van der Waals surface area contributed by atoms with Gasteiger partial charge in [0.1, 0.15) is 11.6 Å². The zero-order valence-electron chi connectivity index (χ0n) is 31.5. The van der Waals surface area contributed by atoms with Crippen LogP contribution < -0.4 is 0 Å². The first-order chi connectivity index (χ1) is 28.8. The van der Waals surface area contributed by atoms with E-state index in [1.165, 1.54) is 12.1 Å². The summed E-state index contributed by atoms with van der Waals surface area (Å²) < 4.78 is 45.2. The van der Waals surface area contributed by atoms with Gasteiger partial charge >= 0.3 is 6.18 Å². The van der Waals surface area contributed by atoms with Gasteiger partial charge in [-0.25, -0.2) is 24.9 Å². The molecule has 0 atom stereocenters. The number of fused-ring (bicyclic) bond motifs is 2. The predicted molar refractivity (Wildman–Crippen MR) is 226 cm³/mol. The molecule has 0 fully saturated rings. The molecular weight excluding hydrogens is 744 g/mol. The number of rotatable bonds is 7. The van der Waals surface area contributed by atoms with Crippen LogP contribution in [0.2, 0.25) is 0 Å². The molecule has 3 aromatic heterocycles. The second-order valence-corrected chi connectivity index (χ2v) is 14.2. The fraction of sp³-hybridized carbons (Fsp3) is 0.0408.